The average molecular weight is 487 g/mol. The molecule has 0 aromatic carbocycles. The summed E-state index contributed by atoms with van der Waals surface area (Å²) in [6, 6.07) is 0. The predicted octanol–water partition coefficient (Wildman–Crippen LogP) is 6.10. The first-order valence-electron chi connectivity index (χ1n) is 14.5. The molecule has 198 valence electrons. The number of rotatable bonds is 2. The van der Waals surface area contributed by atoms with Gasteiger partial charge in [0.15, 0.2) is 6.29 Å². The van der Waals surface area contributed by atoms with Crippen LogP contribution in [0.1, 0.15) is 99.3 Å². The Balaban J connectivity index is 1.41. The van der Waals surface area contributed by atoms with Crippen LogP contribution in [-0.2, 0) is 9.47 Å². The third-order valence-corrected chi connectivity index (χ3v) is 14.1. The van der Waals surface area contributed by atoms with Crippen molar-refractivity contribution in [2.45, 2.75) is 118 Å². The van der Waals surface area contributed by atoms with Crippen LogP contribution in [0.3, 0.4) is 0 Å². The highest BCUT2D eigenvalue weighted by molar-refractivity contribution is 5.34. The minimum atomic E-state index is -0.386. The van der Waals surface area contributed by atoms with Crippen molar-refractivity contribution in [1.82, 2.24) is 0 Å². The molecule has 6 rings (SSSR count). The maximum atomic E-state index is 11.0. The molecule has 0 amide bonds. The van der Waals surface area contributed by atoms with Gasteiger partial charge in [0.25, 0.3) is 0 Å². The first-order chi connectivity index (χ1) is 16.3. The molecule has 1 saturated heterocycles. The zero-order chi connectivity index (χ0) is 25.2. The van der Waals surface area contributed by atoms with Gasteiger partial charge in [0.2, 0.25) is 0 Å². The van der Waals surface area contributed by atoms with Crippen LogP contribution in [0.15, 0.2) is 11.6 Å². The number of hydrogen-bond donors (Lipinski definition) is 2. The van der Waals surface area contributed by atoms with Gasteiger partial charge in [-0.1, -0.05) is 53.2 Å². The summed E-state index contributed by atoms with van der Waals surface area (Å²) in [7, 11) is 1.82. The molecule has 2 N–H and O–H groups in total. The first-order valence-corrected chi connectivity index (χ1v) is 14.5. The van der Waals surface area contributed by atoms with Crippen LogP contribution in [0.5, 0.6) is 0 Å². The summed E-state index contributed by atoms with van der Waals surface area (Å²) in [5, 5.41) is 21.4. The largest absolute Gasteiger partial charge is 0.396 e. The van der Waals surface area contributed by atoms with Crippen molar-refractivity contribution in [1.29, 1.82) is 0 Å². The zero-order valence-electron chi connectivity index (χ0n) is 23.3. The number of fused-ring (bicyclic) bond motifs is 10. The summed E-state index contributed by atoms with van der Waals surface area (Å²) in [5.41, 5.74) is 2.28. The summed E-state index contributed by atoms with van der Waals surface area (Å²) < 4.78 is 12.5. The van der Waals surface area contributed by atoms with Gasteiger partial charge in [0, 0.05) is 23.4 Å². The number of methoxy groups -OCH3 is 1. The van der Waals surface area contributed by atoms with Crippen LogP contribution in [0, 0.1) is 50.2 Å². The van der Waals surface area contributed by atoms with Crippen LogP contribution in [0.4, 0.5) is 0 Å². The van der Waals surface area contributed by atoms with E-state index in [4.69, 9.17) is 9.47 Å². The van der Waals surface area contributed by atoms with Gasteiger partial charge in [0.1, 0.15) is 0 Å². The average Bonchev–Trinajstić information content (AvgIpc) is 3.12. The molecular formula is C31H50O4. The molecule has 4 nitrogen and oxygen atoms in total. The van der Waals surface area contributed by atoms with E-state index in [0.29, 0.717) is 23.9 Å². The van der Waals surface area contributed by atoms with Crippen LogP contribution in [0.25, 0.3) is 0 Å². The van der Waals surface area contributed by atoms with E-state index >= 15 is 0 Å². The highest BCUT2D eigenvalue weighted by Crippen LogP contribution is 2.76. The van der Waals surface area contributed by atoms with Crippen molar-refractivity contribution < 1.29 is 19.7 Å². The van der Waals surface area contributed by atoms with E-state index in [1.165, 1.54) is 25.7 Å². The first kappa shape index (κ1) is 24.9. The van der Waals surface area contributed by atoms with Crippen molar-refractivity contribution in [3.05, 3.63) is 11.6 Å². The van der Waals surface area contributed by atoms with Gasteiger partial charge in [0.05, 0.1) is 18.8 Å². The van der Waals surface area contributed by atoms with Gasteiger partial charge < -0.3 is 19.7 Å². The molecule has 0 aromatic heterocycles. The molecule has 5 fully saturated rings. The minimum absolute atomic E-state index is 0.0760. The number of aliphatic hydroxyl groups excluding tert-OH is 2. The second-order valence-electron chi connectivity index (χ2n) is 15.3. The quantitative estimate of drug-likeness (QED) is 0.463. The monoisotopic (exact) mass is 486 g/mol. The van der Waals surface area contributed by atoms with E-state index < -0.39 is 0 Å². The van der Waals surface area contributed by atoms with Crippen molar-refractivity contribution in [3.63, 3.8) is 0 Å². The van der Waals surface area contributed by atoms with Gasteiger partial charge in [-0.3, -0.25) is 0 Å². The van der Waals surface area contributed by atoms with Crippen molar-refractivity contribution in [3.8, 4) is 0 Å². The maximum Gasteiger partial charge on any atom is 0.162 e. The lowest BCUT2D eigenvalue weighted by atomic mass is 9.33. The van der Waals surface area contributed by atoms with E-state index in [1.54, 1.807) is 5.57 Å². The fraction of sp³-hybridized carbons (Fsp3) is 0.935. The van der Waals surface area contributed by atoms with E-state index in [2.05, 4.69) is 47.6 Å². The molecular weight excluding hydrogens is 436 g/mol. The molecule has 0 radical (unpaired) electrons. The Morgan fingerprint density at radius 2 is 1.69 bits per heavy atom. The number of hydrogen-bond acceptors (Lipinski definition) is 4. The second-order valence-corrected chi connectivity index (χ2v) is 15.3. The van der Waals surface area contributed by atoms with E-state index in [9.17, 15) is 10.2 Å². The Bertz CT molecular complexity index is 931. The SMILES string of the molecule is CO[C@@H]1O[C@@H]2C[C@@]1(C)C[C@H]1C3=CC[C@@H]4[C@]5(C)CC[C@H](O)[C@](C)(CO)[C@@H]5CC[C@@]4(C)[C@]3(C)CC[C@@]21C. The molecule has 1 heterocycles. The number of aliphatic hydroxyl groups is 2. The fourth-order valence-corrected chi connectivity index (χ4v) is 11.6. The summed E-state index contributed by atoms with van der Waals surface area (Å²) in [6.07, 6.45) is 12.7. The standard InChI is InChI=1S/C31H50O4/c1-26-16-20-19-8-9-22-28(3)12-11-23(33)29(4,18-32)21(28)10-13-31(22,6)30(19,5)15-14-27(20,2)24(17-26)35-25(26)34-7/h8,20-25,32-33H,9-18H2,1-7H3/t20-,21+,22+,23-,24+,25+,26+,27+,28+,29+,30+,31+/m0/s1. The molecule has 35 heavy (non-hydrogen) atoms. The molecule has 0 aromatic rings. The summed E-state index contributed by atoms with van der Waals surface area (Å²) in [4.78, 5) is 0. The molecule has 5 aliphatic carbocycles. The summed E-state index contributed by atoms with van der Waals surface area (Å²) in [6.45, 7) is 14.9. The molecule has 0 spiro atoms. The van der Waals surface area contributed by atoms with E-state index in [1.807, 2.05) is 7.11 Å². The van der Waals surface area contributed by atoms with Crippen LogP contribution in [0.2, 0.25) is 0 Å². The Morgan fingerprint density at radius 3 is 2.37 bits per heavy atom. The van der Waals surface area contributed by atoms with Gasteiger partial charge in [-0.05, 0) is 91.8 Å². The smallest absolute Gasteiger partial charge is 0.162 e. The Kier molecular flexibility index (Phi) is 5.24. The van der Waals surface area contributed by atoms with Crippen LogP contribution >= 0.6 is 0 Å². The second kappa shape index (κ2) is 7.36. The normalized spacial score (nSPS) is 61.2. The highest BCUT2D eigenvalue weighted by atomic mass is 16.7. The van der Waals surface area contributed by atoms with Crippen LogP contribution < -0.4 is 0 Å². The van der Waals surface area contributed by atoms with Crippen molar-refractivity contribution >= 4 is 0 Å². The molecule has 12 atom stereocenters. The van der Waals surface area contributed by atoms with Crippen molar-refractivity contribution in [2.75, 3.05) is 13.7 Å². The molecule has 0 unspecified atom stereocenters. The summed E-state index contributed by atoms with van der Waals surface area (Å²) >= 11 is 0. The van der Waals surface area contributed by atoms with Crippen LogP contribution in [-0.4, -0.2) is 42.4 Å². The Morgan fingerprint density at radius 1 is 0.943 bits per heavy atom. The minimum Gasteiger partial charge on any atom is -0.396 e. The van der Waals surface area contributed by atoms with E-state index in [-0.39, 0.29) is 51.5 Å². The number of allylic oxidation sites excluding steroid dienone is 2. The lowest BCUT2D eigenvalue weighted by molar-refractivity contribution is -0.216. The third kappa shape index (κ3) is 2.79. The Hall–Kier alpha value is -0.420. The molecule has 4 saturated carbocycles. The van der Waals surface area contributed by atoms with Gasteiger partial charge in [-0.2, -0.15) is 0 Å². The lowest BCUT2D eigenvalue weighted by Gasteiger charge is -2.71. The van der Waals surface area contributed by atoms with Gasteiger partial charge in [-0.25, -0.2) is 0 Å². The van der Waals surface area contributed by atoms with Crippen molar-refractivity contribution in [2.24, 2.45) is 50.2 Å². The zero-order valence-corrected chi connectivity index (χ0v) is 23.3. The predicted molar refractivity (Wildman–Crippen MR) is 138 cm³/mol. The van der Waals surface area contributed by atoms with Gasteiger partial charge >= 0.3 is 0 Å². The third-order valence-electron chi connectivity index (χ3n) is 14.1. The number of ether oxygens (including phenoxy) is 2. The van der Waals surface area contributed by atoms with Gasteiger partial charge in [-0.15, -0.1) is 0 Å². The maximum absolute atomic E-state index is 11.0. The summed E-state index contributed by atoms with van der Waals surface area (Å²) in [5.74, 6) is 1.56. The Labute approximate surface area is 213 Å². The highest BCUT2D eigenvalue weighted by Gasteiger charge is 2.70. The lowest BCUT2D eigenvalue weighted by Crippen LogP contribution is -2.65. The molecule has 1 aliphatic heterocycles. The molecule has 2 bridgehead atoms. The molecule has 4 heteroatoms. The molecule has 6 aliphatic rings. The topological polar surface area (TPSA) is 58.9 Å². The fourth-order valence-electron chi connectivity index (χ4n) is 11.6. The van der Waals surface area contributed by atoms with E-state index in [0.717, 1.165) is 32.1 Å².